The summed E-state index contributed by atoms with van der Waals surface area (Å²) in [5.41, 5.74) is 8.01. The number of benzene rings is 2. The Morgan fingerprint density at radius 2 is 2.10 bits per heavy atom. The van der Waals surface area contributed by atoms with Crippen molar-refractivity contribution < 1.29 is 9.13 Å². The third kappa shape index (κ3) is 2.48. The van der Waals surface area contributed by atoms with Crippen LogP contribution < -0.4 is 10.5 Å². The SMILES string of the molecule is COc1ccc(Br)c(-n2c(N)nc3cc(I)c(F)cc32)c1. The minimum absolute atomic E-state index is 0.292. The molecule has 0 unspecified atom stereocenters. The van der Waals surface area contributed by atoms with Gasteiger partial charge in [0.05, 0.1) is 27.4 Å². The minimum atomic E-state index is -0.303. The predicted molar refractivity (Wildman–Crippen MR) is 92.4 cm³/mol. The minimum Gasteiger partial charge on any atom is -0.497 e. The van der Waals surface area contributed by atoms with E-state index in [-0.39, 0.29) is 5.82 Å². The van der Waals surface area contributed by atoms with Crippen LogP contribution in [-0.4, -0.2) is 16.7 Å². The van der Waals surface area contributed by atoms with Gasteiger partial charge in [0.25, 0.3) is 0 Å². The monoisotopic (exact) mass is 461 g/mol. The van der Waals surface area contributed by atoms with E-state index in [1.165, 1.54) is 6.07 Å². The molecule has 2 N–H and O–H groups in total. The van der Waals surface area contributed by atoms with Crippen LogP contribution in [0.15, 0.2) is 34.8 Å². The van der Waals surface area contributed by atoms with Crippen molar-refractivity contribution in [1.82, 2.24) is 9.55 Å². The maximum absolute atomic E-state index is 13.9. The highest BCUT2D eigenvalue weighted by molar-refractivity contribution is 14.1. The molecule has 1 aromatic heterocycles. The molecule has 0 aliphatic heterocycles. The quantitative estimate of drug-likeness (QED) is 0.584. The first-order valence-electron chi connectivity index (χ1n) is 5.98. The summed E-state index contributed by atoms with van der Waals surface area (Å²) in [5, 5.41) is 0. The molecule has 0 amide bonds. The number of nitrogens with two attached hydrogens (primary N) is 1. The van der Waals surface area contributed by atoms with Gasteiger partial charge in [-0.3, -0.25) is 4.57 Å². The van der Waals surface area contributed by atoms with Gasteiger partial charge in [0.15, 0.2) is 0 Å². The van der Waals surface area contributed by atoms with Crippen molar-refractivity contribution in [2.75, 3.05) is 12.8 Å². The van der Waals surface area contributed by atoms with E-state index in [1.807, 2.05) is 40.8 Å². The number of imidazole rings is 1. The Labute approximate surface area is 142 Å². The van der Waals surface area contributed by atoms with E-state index in [4.69, 9.17) is 10.5 Å². The Bertz CT molecular complexity index is 850. The standard InChI is InChI=1S/C14H10BrFIN3O/c1-21-7-2-3-8(15)12(4-7)20-13-5-9(16)10(17)6-11(13)19-14(20)18/h2-6H,1H3,(H2,18,19). The number of ether oxygens (including phenoxy) is 1. The van der Waals surface area contributed by atoms with Crippen LogP contribution in [0.3, 0.4) is 0 Å². The van der Waals surface area contributed by atoms with Crippen molar-refractivity contribution >= 4 is 55.5 Å². The van der Waals surface area contributed by atoms with Crippen LogP contribution in [0.25, 0.3) is 16.7 Å². The Hall–Kier alpha value is -1.35. The van der Waals surface area contributed by atoms with Crippen molar-refractivity contribution in [2.24, 2.45) is 0 Å². The van der Waals surface area contributed by atoms with E-state index in [0.717, 1.165) is 10.2 Å². The van der Waals surface area contributed by atoms with Gasteiger partial charge >= 0.3 is 0 Å². The second kappa shape index (κ2) is 5.45. The largest absolute Gasteiger partial charge is 0.497 e. The first-order chi connectivity index (χ1) is 10.0. The fourth-order valence-corrected chi connectivity index (χ4v) is 3.01. The van der Waals surface area contributed by atoms with Gasteiger partial charge in [0, 0.05) is 16.6 Å². The molecule has 2 aromatic carbocycles. The third-order valence-electron chi connectivity index (χ3n) is 3.12. The van der Waals surface area contributed by atoms with Gasteiger partial charge in [-0.05, 0) is 56.7 Å². The van der Waals surface area contributed by atoms with Crippen LogP contribution in [-0.2, 0) is 0 Å². The molecule has 0 saturated carbocycles. The Balaban J connectivity index is 2.34. The summed E-state index contributed by atoms with van der Waals surface area (Å²) in [4.78, 5) is 4.30. The molecule has 3 aromatic rings. The van der Waals surface area contributed by atoms with Crippen molar-refractivity contribution in [3.8, 4) is 11.4 Å². The highest BCUT2D eigenvalue weighted by atomic mass is 127. The van der Waals surface area contributed by atoms with Crippen molar-refractivity contribution in [1.29, 1.82) is 0 Å². The average molecular weight is 462 g/mol. The molecule has 0 spiro atoms. The Kier molecular flexibility index (Phi) is 3.78. The molecular weight excluding hydrogens is 452 g/mol. The van der Waals surface area contributed by atoms with Gasteiger partial charge in [-0.25, -0.2) is 9.37 Å². The maximum Gasteiger partial charge on any atom is 0.205 e. The molecule has 4 nitrogen and oxygen atoms in total. The lowest BCUT2D eigenvalue weighted by molar-refractivity contribution is 0.414. The molecule has 1 heterocycles. The second-order valence-electron chi connectivity index (χ2n) is 4.38. The van der Waals surface area contributed by atoms with Crippen LogP contribution in [0.4, 0.5) is 10.3 Å². The summed E-state index contributed by atoms with van der Waals surface area (Å²) in [5.74, 6) is 0.670. The lowest BCUT2D eigenvalue weighted by atomic mass is 10.2. The summed E-state index contributed by atoms with van der Waals surface area (Å²) >= 11 is 5.41. The van der Waals surface area contributed by atoms with Gasteiger partial charge in [-0.15, -0.1) is 0 Å². The third-order valence-corrected chi connectivity index (χ3v) is 4.61. The van der Waals surface area contributed by atoms with Crippen LogP contribution in [0, 0.1) is 9.39 Å². The first kappa shape index (κ1) is 14.6. The molecule has 0 aliphatic rings. The second-order valence-corrected chi connectivity index (χ2v) is 6.39. The zero-order valence-corrected chi connectivity index (χ0v) is 14.6. The molecule has 0 fully saturated rings. The summed E-state index contributed by atoms with van der Waals surface area (Å²) in [6.45, 7) is 0. The number of nitrogens with zero attached hydrogens (tertiary/aromatic N) is 2. The first-order valence-corrected chi connectivity index (χ1v) is 7.85. The van der Waals surface area contributed by atoms with Gasteiger partial charge in [0.2, 0.25) is 5.95 Å². The van der Waals surface area contributed by atoms with E-state index in [9.17, 15) is 4.39 Å². The van der Waals surface area contributed by atoms with Crippen molar-refractivity contribution in [2.45, 2.75) is 0 Å². The fourth-order valence-electron chi connectivity index (χ4n) is 2.14. The van der Waals surface area contributed by atoms with Crippen LogP contribution in [0.2, 0.25) is 0 Å². The molecule has 7 heteroatoms. The number of hydrogen-bond acceptors (Lipinski definition) is 3. The number of aromatic nitrogens is 2. The summed E-state index contributed by atoms with van der Waals surface area (Å²) in [6, 6.07) is 8.60. The Morgan fingerprint density at radius 1 is 1.33 bits per heavy atom. The molecule has 0 aliphatic carbocycles. The van der Waals surface area contributed by atoms with Crippen molar-refractivity contribution in [3.63, 3.8) is 0 Å². The molecule has 21 heavy (non-hydrogen) atoms. The van der Waals surface area contributed by atoms with Crippen molar-refractivity contribution in [3.05, 3.63) is 44.2 Å². The summed E-state index contributed by atoms with van der Waals surface area (Å²) in [7, 11) is 1.59. The number of anilines is 1. The lowest BCUT2D eigenvalue weighted by Gasteiger charge is -2.11. The molecular formula is C14H10BrFIN3O. The van der Waals surface area contributed by atoms with Crippen LogP contribution in [0.1, 0.15) is 0 Å². The van der Waals surface area contributed by atoms with Crippen LogP contribution >= 0.6 is 38.5 Å². The van der Waals surface area contributed by atoms with Gasteiger partial charge in [0.1, 0.15) is 11.6 Å². The molecule has 0 radical (unpaired) electrons. The van der Waals surface area contributed by atoms with Gasteiger partial charge in [-0.1, -0.05) is 0 Å². The van der Waals surface area contributed by atoms with Gasteiger partial charge in [-0.2, -0.15) is 0 Å². The average Bonchev–Trinajstić information content (AvgIpc) is 2.75. The van der Waals surface area contributed by atoms with E-state index in [2.05, 4.69) is 20.9 Å². The number of hydrogen-bond donors (Lipinski definition) is 1. The maximum atomic E-state index is 13.9. The van der Waals surface area contributed by atoms with E-state index in [0.29, 0.717) is 26.3 Å². The summed E-state index contributed by atoms with van der Waals surface area (Å²) < 4.78 is 22.1. The number of rotatable bonds is 2. The van der Waals surface area contributed by atoms with Crippen LogP contribution in [0.5, 0.6) is 5.75 Å². The lowest BCUT2D eigenvalue weighted by Crippen LogP contribution is -2.02. The number of nitrogen functional groups attached to an aromatic ring is 1. The van der Waals surface area contributed by atoms with E-state index >= 15 is 0 Å². The van der Waals surface area contributed by atoms with E-state index in [1.54, 1.807) is 17.7 Å². The molecule has 3 rings (SSSR count). The highest BCUT2D eigenvalue weighted by Gasteiger charge is 2.15. The number of methoxy groups -OCH3 is 1. The molecule has 108 valence electrons. The molecule has 0 saturated heterocycles. The number of halogens is 3. The fraction of sp³-hybridized carbons (Fsp3) is 0.0714. The topological polar surface area (TPSA) is 53.1 Å². The molecule has 0 atom stereocenters. The highest BCUT2D eigenvalue weighted by Crippen LogP contribution is 2.32. The smallest absolute Gasteiger partial charge is 0.205 e. The molecule has 0 bridgehead atoms. The number of fused-ring (bicyclic) bond motifs is 1. The van der Waals surface area contributed by atoms with E-state index < -0.39 is 0 Å². The summed E-state index contributed by atoms with van der Waals surface area (Å²) in [6.07, 6.45) is 0. The van der Waals surface area contributed by atoms with Gasteiger partial charge < -0.3 is 10.5 Å². The normalized spacial score (nSPS) is 11.0. The Morgan fingerprint density at radius 3 is 2.81 bits per heavy atom. The zero-order valence-electron chi connectivity index (χ0n) is 10.9. The zero-order chi connectivity index (χ0) is 15.1. The predicted octanol–water partition coefficient (Wildman–Crippen LogP) is 4.12.